The van der Waals surface area contributed by atoms with Gasteiger partial charge >= 0.3 is 6.18 Å². The molecule has 0 aliphatic heterocycles. The van der Waals surface area contributed by atoms with Crippen molar-refractivity contribution in [2.45, 2.75) is 31.9 Å². The second kappa shape index (κ2) is 7.92. The van der Waals surface area contributed by atoms with E-state index in [1.54, 1.807) is 0 Å². The van der Waals surface area contributed by atoms with Crippen LogP contribution in [0.25, 0.3) is 0 Å². The number of carbonyl (C=O) groups excluding carboxylic acids is 1. The number of hydrogen-bond acceptors (Lipinski definition) is 3. The highest BCUT2D eigenvalue weighted by atomic mass is 35.5. The summed E-state index contributed by atoms with van der Waals surface area (Å²) in [5, 5.41) is 0.0683. The zero-order valence-corrected chi connectivity index (χ0v) is 13.3. The molecular formula is C15H15ClF4N2O2. The Morgan fingerprint density at radius 3 is 2.58 bits per heavy atom. The molecule has 1 aliphatic rings. The Morgan fingerprint density at radius 2 is 2.00 bits per heavy atom. The van der Waals surface area contributed by atoms with Crippen LogP contribution in [-0.2, 0) is 0 Å². The van der Waals surface area contributed by atoms with Crippen LogP contribution in [0.15, 0.2) is 17.1 Å². The zero-order valence-electron chi connectivity index (χ0n) is 12.6. The second-order valence-corrected chi connectivity index (χ2v) is 5.71. The van der Waals surface area contributed by atoms with Crippen molar-refractivity contribution in [2.75, 3.05) is 13.3 Å². The molecule has 0 aromatic carbocycles. The summed E-state index contributed by atoms with van der Waals surface area (Å²) < 4.78 is 55.1. The molecule has 0 radical (unpaired) electrons. The highest BCUT2D eigenvalue weighted by molar-refractivity contribution is 6.29. The number of carbonyl (C=O) groups is 1. The first-order valence-corrected chi connectivity index (χ1v) is 7.72. The van der Waals surface area contributed by atoms with Crippen LogP contribution in [0.2, 0.25) is 5.15 Å². The van der Waals surface area contributed by atoms with Crippen molar-refractivity contribution >= 4 is 23.2 Å². The lowest BCUT2D eigenvalue weighted by Gasteiger charge is -2.25. The molecule has 0 N–H and O–H groups in total. The zero-order chi connectivity index (χ0) is 17.7. The lowest BCUT2D eigenvalue weighted by Crippen LogP contribution is -2.28. The summed E-state index contributed by atoms with van der Waals surface area (Å²) in [5.74, 6) is -2.18. The van der Waals surface area contributed by atoms with Gasteiger partial charge in [0.05, 0.1) is 5.92 Å². The van der Waals surface area contributed by atoms with Crippen LogP contribution in [0.1, 0.15) is 36.0 Å². The molecule has 1 heterocycles. The van der Waals surface area contributed by atoms with Gasteiger partial charge in [0.15, 0.2) is 0 Å². The lowest BCUT2D eigenvalue weighted by molar-refractivity contribution is -0.178. The smallest absolute Gasteiger partial charge is 0.391 e. The summed E-state index contributed by atoms with van der Waals surface area (Å²) in [6.07, 6.45) is -4.17. The molecule has 132 valence electrons. The molecule has 0 spiro atoms. The van der Waals surface area contributed by atoms with E-state index < -0.39 is 24.7 Å². The number of amides is 1. The minimum Gasteiger partial charge on any atom is -0.474 e. The summed E-state index contributed by atoms with van der Waals surface area (Å²) in [6, 6.07) is 2.70. The van der Waals surface area contributed by atoms with E-state index in [1.807, 2.05) is 0 Å². The maximum Gasteiger partial charge on any atom is 0.391 e. The molecule has 1 amide bonds. The summed E-state index contributed by atoms with van der Waals surface area (Å²) in [5.41, 5.74) is 0.408. The molecule has 9 heteroatoms. The summed E-state index contributed by atoms with van der Waals surface area (Å²) in [6.45, 7) is -1.06. The molecule has 0 unspecified atom stereocenters. The van der Waals surface area contributed by atoms with Crippen LogP contribution in [0.3, 0.4) is 0 Å². The minimum atomic E-state index is -4.22. The van der Waals surface area contributed by atoms with Gasteiger partial charge < -0.3 is 4.74 Å². The van der Waals surface area contributed by atoms with E-state index >= 15 is 0 Å². The van der Waals surface area contributed by atoms with E-state index in [0.29, 0.717) is 5.71 Å². The van der Waals surface area contributed by atoms with Crippen LogP contribution >= 0.6 is 11.6 Å². The molecule has 4 nitrogen and oxygen atoms in total. The van der Waals surface area contributed by atoms with Crippen molar-refractivity contribution in [1.29, 1.82) is 0 Å². The molecule has 1 saturated carbocycles. The fraction of sp³-hybridized carbons (Fsp3) is 0.533. The number of aliphatic imine (C=N–C) groups is 1. The fourth-order valence-corrected chi connectivity index (χ4v) is 2.56. The van der Waals surface area contributed by atoms with E-state index in [9.17, 15) is 22.4 Å². The molecular weight excluding hydrogens is 352 g/mol. The number of ether oxygens (including phenoxy) is 1. The van der Waals surface area contributed by atoms with Gasteiger partial charge in [-0.1, -0.05) is 11.6 Å². The van der Waals surface area contributed by atoms with Gasteiger partial charge in [-0.25, -0.2) is 14.4 Å². The standard InChI is InChI=1S/C15H15ClF4N2O2/c16-12-6-5-11(14(22-12)24-8-7-17)13(23)21-10-3-1-9(2-4-10)15(18,19)20/h5-6,9H,1-4,7-8H2. The summed E-state index contributed by atoms with van der Waals surface area (Å²) in [4.78, 5) is 19.9. The SMILES string of the molecule is O=C(N=C1CCC(C(F)(F)F)CC1)c1ccc(Cl)nc1OCCF. The largest absolute Gasteiger partial charge is 0.474 e. The maximum absolute atomic E-state index is 12.6. The first-order chi connectivity index (χ1) is 11.3. The Bertz CT molecular complexity index is 624. The number of hydrogen-bond donors (Lipinski definition) is 0. The number of halogens is 5. The van der Waals surface area contributed by atoms with Crippen molar-refractivity contribution in [3.8, 4) is 5.88 Å². The van der Waals surface area contributed by atoms with Crippen molar-refractivity contribution in [3.63, 3.8) is 0 Å². The molecule has 0 saturated heterocycles. The molecule has 1 fully saturated rings. The monoisotopic (exact) mass is 366 g/mol. The van der Waals surface area contributed by atoms with E-state index in [-0.39, 0.29) is 48.9 Å². The first-order valence-electron chi connectivity index (χ1n) is 7.34. The topological polar surface area (TPSA) is 51.5 Å². The molecule has 1 aromatic rings. The lowest BCUT2D eigenvalue weighted by atomic mass is 9.87. The summed E-state index contributed by atoms with van der Waals surface area (Å²) in [7, 11) is 0. The summed E-state index contributed by atoms with van der Waals surface area (Å²) >= 11 is 5.71. The molecule has 0 atom stereocenters. The van der Waals surface area contributed by atoms with Gasteiger partial charge in [0, 0.05) is 5.71 Å². The first kappa shape index (κ1) is 18.6. The van der Waals surface area contributed by atoms with E-state index in [0.717, 1.165) is 0 Å². The number of pyridine rings is 1. The Balaban J connectivity index is 2.10. The van der Waals surface area contributed by atoms with E-state index in [4.69, 9.17) is 16.3 Å². The van der Waals surface area contributed by atoms with Crippen LogP contribution in [-0.4, -0.2) is 36.1 Å². The third-order valence-corrected chi connectivity index (χ3v) is 3.87. The quantitative estimate of drug-likeness (QED) is 0.585. The highest BCUT2D eigenvalue weighted by Gasteiger charge is 2.40. The predicted octanol–water partition coefficient (Wildman–Crippen LogP) is 4.42. The van der Waals surface area contributed by atoms with Gasteiger partial charge in [0.25, 0.3) is 5.91 Å². The van der Waals surface area contributed by atoms with Crippen molar-refractivity contribution in [2.24, 2.45) is 10.9 Å². The number of nitrogens with zero attached hydrogens (tertiary/aromatic N) is 2. The molecule has 1 aliphatic carbocycles. The van der Waals surface area contributed by atoms with Gasteiger partial charge in [-0.15, -0.1) is 0 Å². The highest BCUT2D eigenvalue weighted by Crippen LogP contribution is 2.36. The minimum absolute atomic E-state index is 0.00158. The molecule has 0 bridgehead atoms. The normalized spacial score (nSPS) is 18.4. The third-order valence-electron chi connectivity index (χ3n) is 3.66. The third kappa shape index (κ3) is 4.90. The molecule has 1 aromatic heterocycles. The Kier molecular flexibility index (Phi) is 6.15. The van der Waals surface area contributed by atoms with Gasteiger partial charge in [-0.2, -0.15) is 13.2 Å². The average molecular weight is 367 g/mol. The van der Waals surface area contributed by atoms with Crippen molar-refractivity contribution in [1.82, 2.24) is 4.98 Å². The second-order valence-electron chi connectivity index (χ2n) is 5.32. The van der Waals surface area contributed by atoms with Crippen LogP contribution < -0.4 is 4.74 Å². The van der Waals surface area contributed by atoms with Crippen LogP contribution in [0.4, 0.5) is 17.6 Å². The molecule has 2 rings (SSSR count). The Labute approximate surface area is 140 Å². The molecule has 24 heavy (non-hydrogen) atoms. The van der Waals surface area contributed by atoms with Crippen molar-refractivity contribution < 1.29 is 27.1 Å². The Morgan fingerprint density at radius 1 is 1.33 bits per heavy atom. The predicted molar refractivity (Wildman–Crippen MR) is 80.5 cm³/mol. The van der Waals surface area contributed by atoms with Crippen LogP contribution in [0, 0.1) is 5.92 Å². The van der Waals surface area contributed by atoms with Gasteiger partial charge in [0.2, 0.25) is 5.88 Å². The Hall–Kier alpha value is -1.70. The average Bonchev–Trinajstić information content (AvgIpc) is 2.52. The maximum atomic E-state index is 12.6. The van der Waals surface area contributed by atoms with E-state index in [2.05, 4.69) is 9.98 Å². The number of alkyl halides is 4. The fourth-order valence-electron chi connectivity index (χ4n) is 2.42. The number of aromatic nitrogens is 1. The van der Waals surface area contributed by atoms with Gasteiger partial charge in [0.1, 0.15) is 24.0 Å². The van der Waals surface area contributed by atoms with E-state index in [1.165, 1.54) is 12.1 Å². The van der Waals surface area contributed by atoms with Crippen molar-refractivity contribution in [3.05, 3.63) is 22.8 Å². The van der Waals surface area contributed by atoms with Gasteiger partial charge in [-0.3, -0.25) is 4.79 Å². The van der Waals surface area contributed by atoms with Gasteiger partial charge in [-0.05, 0) is 37.8 Å². The van der Waals surface area contributed by atoms with Crippen LogP contribution in [0.5, 0.6) is 5.88 Å². The number of rotatable bonds is 4.